The maximum atomic E-state index is 12.3. The first kappa shape index (κ1) is 25.8. The first-order valence-electron chi connectivity index (χ1n) is 13.0. The van der Waals surface area contributed by atoms with Gasteiger partial charge in [0.05, 0.1) is 24.4 Å². The Bertz CT molecular complexity index is 820. The highest BCUT2D eigenvalue weighted by atomic mass is 16.6. The highest BCUT2D eigenvalue weighted by Crippen LogP contribution is 2.32. The van der Waals surface area contributed by atoms with E-state index in [1.807, 2.05) is 51.1 Å². The second-order valence-corrected chi connectivity index (χ2v) is 10.9. The van der Waals surface area contributed by atoms with Gasteiger partial charge in [0.1, 0.15) is 12.2 Å². The van der Waals surface area contributed by atoms with E-state index in [-0.39, 0.29) is 36.6 Å². The van der Waals surface area contributed by atoms with E-state index in [4.69, 9.17) is 18.9 Å². The first-order chi connectivity index (χ1) is 16.7. The maximum Gasteiger partial charge on any atom is 0.410 e. The third-order valence-electron chi connectivity index (χ3n) is 6.82. The predicted octanol–water partition coefficient (Wildman–Crippen LogP) is 4.75. The summed E-state index contributed by atoms with van der Waals surface area (Å²) in [6, 6.07) is 9.74. The van der Waals surface area contributed by atoms with Crippen LogP contribution in [-0.4, -0.2) is 78.2 Å². The van der Waals surface area contributed by atoms with Crippen LogP contribution >= 0.6 is 0 Å². The molecule has 1 saturated carbocycles. The summed E-state index contributed by atoms with van der Waals surface area (Å²) in [5.41, 5.74) is 0.530. The van der Waals surface area contributed by atoms with Crippen LogP contribution < -0.4 is 0 Å². The van der Waals surface area contributed by atoms with Gasteiger partial charge in [-0.05, 0) is 64.9 Å². The quantitative estimate of drug-likeness (QED) is 0.575. The summed E-state index contributed by atoms with van der Waals surface area (Å²) in [6.07, 6.45) is 5.61. The van der Waals surface area contributed by atoms with Crippen molar-refractivity contribution in [1.29, 1.82) is 0 Å². The molecule has 0 aromatic heterocycles. The van der Waals surface area contributed by atoms with E-state index in [9.17, 15) is 9.59 Å². The standard InChI is InChI=1S/C27H40N2O6/c1-27(2,3)35-26(31)29-15-11-22(12-16-29)34-24-17-23(18-24)33-21-9-13-28(14-10-21)25(30)32-19-20-7-5-4-6-8-20/h4-8,21-24H,9-19H2,1-3H3. The first-order valence-corrected chi connectivity index (χ1v) is 13.0. The average Bonchev–Trinajstić information content (AvgIpc) is 2.81. The zero-order valence-corrected chi connectivity index (χ0v) is 21.3. The van der Waals surface area contributed by atoms with Crippen molar-refractivity contribution >= 4 is 12.2 Å². The van der Waals surface area contributed by atoms with Crippen molar-refractivity contribution in [1.82, 2.24) is 9.80 Å². The number of benzene rings is 1. The Kier molecular flexibility index (Phi) is 8.55. The molecule has 1 aromatic carbocycles. The summed E-state index contributed by atoms with van der Waals surface area (Å²) in [4.78, 5) is 28.1. The minimum Gasteiger partial charge on any atom is -0.445 e. The molecule has 3 fully saturated rings. The molecule has 2 aliphatic heterocycles. The van der Waals surface area contributed by atoms with Crippen LogP contribution in [0, 0.1) is 0 Å². The predicted molar refractivity (Wildman–Crippen MR) is 131 cm³/mol. The highest BCUT2D eigenvalue weighted by Gasteiger charge is 2.37. The summed E-state index contributed by atoms with van der Waals surface area (Å²) in [5, 5.41) is 0. The van der Waals surface area contributed by atoms with Gasteiger partial charge in [-0.15, -0.1) is 0 Å². The van der Waals surface area contributed by atoms with Crippen LogP contribution in [-0.2, 0) is 25.6 Å². The highest BCUT2D eigenvalue weighted by molar-refractivity contribution is 5.68. The molecule has 0 unspecified atom stereocenters. The van der Waals surface area contributed by atoms with Crippen LogP contribution in [0.1, 0.15) is 64.9 Å². The van der Waals surface area contributed by atoms with Crippen molar-refractivity contribution in [2.24, 2.45) is 0 Å². The Morgan fingerprint density at radius 3 is 1.74 bits per heavy atom. The molecule has 0 radical (unpaired) electrons. The maximum absolute atomic E-state index is 12.3. The number of piperidine rings is 2. The smallest absolute Gasteiger partial charge is 0.410 e. The lowest BCUT2D eigenvalue weighted by atomic mass is 9.90. The van der Waals surface area contributed by atoms with Crippen LogP contribution in [0.4, 0.5) is 9.59 Å². The summed E-state index contributed by atoms with van der Waals surface area (Å²) in [5.74, 6) is 0. The lowest BCUT2D eigenvalue weighted by Gasteiger charge is -2.42. The van der Waals surface area contributed by atoms with E-state index >= 15 is 0 Å². The number of carbonyl (C=O) groups excluding carboxylic acids is 2. The summed E-state index contributed by atoms with van der Waals surface area (Å²) >= 11 is 0. The Hall–Kier alpha value is -2.32. The number of hydrogen-bond acceptors (Lipinski definition) is 6. The number of ether oxygens (including phenoxy) is 4. The van der Waals surface area contributed by atoms with Gasteiger partial charge in [-0.3, -0.25) is 0 Å². The molecule has 4 rings (SSSR count). The number of hydrogen-bond donors (Lipinski definition) is 0. The molecule has 2 amide bonds. The van der Waals surface area contributed by atoms with Gasteiger partial charge in [0.25, 0.3) is 0 Å². The minimum atomic E-state index is -0.465. The van der Waals surface area contributed by atoms with Crippen LogP contribution in [0.25, 0.3) is 0 Å². The van der Waals surface area contributed by atoms with Crippen molar-refractivity contribution in [3.8, 4) is 0 Å². The monoisotopic (exact) mass is 488 g/mol. The van der Waals surface area contributed by atoms with E-state index in [0.29, 0.717) is 32.8 Å². The minimum absolute atomic E-state index is 0.191. The van der Waals surface area contributed by atoms with Gasteiger partial charge in [0.2, 0.25) is 0 Å². The Morgan fingerprint density at radius 1 is 0.771 bits per heavy atom. The zero-order valence-electron chi connectivity index (χ0n) is 21.3. The van der Waals surface area contributed by atoms with E-state index in [0.717, 1.165) is 44.1 Å². The van der Waals surface area contributed by atoms with Gasteiger partial charge in [0.15, 0.2) is 0 Å². The largest absolute Gasteiger partial charge is 0.445 e. The fourth-order valence-corrected chi connectivity index (χ4v) is 4.77. The SMILES string of the molecule is CC(C)(C)OC(=O)N1CCC(OC2CC(OC3CCN(C(=O)OCc4ccccc4)CC3)C2)CC1. The number of nitrogens with zero attached hydrogens (tertiary/aromatic N) is 2. The van der Waals surface area contributed by atoms with Gasteiger partial charge in [0, 0.05) is 26.2 Å². The van der Waals surface area contributed by atoms with E-state index in [1.54, 1.807) is 9.80 Å². The molecule has 0 bridgehead atoms. The third-order valence-corrected chi connectivity index (χ3v) is 6.82. The normalized spacial score (nSPS) is 24.1. The molecule has 8 nitrogen and oxygen atoms in total. The molecule has 35 heavy (non-hydrogen) atoms. The molecule has 2 heterocycles. The van der Waals surface area contributed by atoms with E-state index in [2.05, 4.69) is 0 Å². The summed E-state index contributed by atoms with van der Waals surface area (Å²) in [6.45, 7) is 8.67. The fraction of sp³-hybridized carbons (Fsp3) is 0.704. The Balaban J connectivity index is 1.06. The second kappa shape index (κ2) is 11.6. The molecular formula is C27H40N2O6. The molecule has 3 aliphatic rings. The van der Waals surface area contributed by atoms with Crippen molar-refractivity contribution in [3.05, 3.63) is 35.9 Å². The Morgan fingerprint density at radius 2 is 1.26 bits per heavy atom. The Labute approximate surface area is 208 Å². The van der Waals surface area contributed by atoms with Crippen molar-refractivity contribution < 1.29 is 28.5 Å². The van der Waals surface area contributed by atoms with Crippen LogP contribution in [0.2, 0.25) is 0 Å². The molecule has 1 aromatic rings. The topological polar surface area (TPSA) is 77.5 Å². The molecule has 0 N–H and O–H groups in total. The van der Waals surface area contributed by atoms with E-state index < -0.39 is 5.60 Å². The van der Waals surface area contributed by atoms with E-state index in [1.165, 1.54) is 0 Å². The van der Waals surface area contributed by atoms with Gasteiger partial charge < -0.3 is 28.7 Å². The molecule has 8 heteroatoms. The fourth-order valence-electron chi connectivity index (χ4n) is 4.77. The van der Waals surface area contributed by atoms with Crippen molar-refractivity contribution in [2.45, 2.75) is 95.9 Å². The number of carbonyl (C=O) groups is 2. The second-order valence-electron chi connectivity index (χ2n) is 10.9. The van der Waals surface area contributed by atoms with Gasteiger partial charge in [-0.2, -0.15) is 0 Å². The van der Waals surface area contributed by atoms with Gasteiger partial charge >= 0.3 is 12.2 Å². The summed E-state index contributed by atoms with van der Waals surface area (Å²) < 4.78 is 23.4. The van der Waals surface area contributed by atoms with Crippen LogP contribution in [0.5, 0.6) is 0 Å². The van der Waals surface area contributed by atoms with Gasteiger partial charge in [-0.1, -0.05) is 30.3 Å². The number of rotatable bonds is 6. The summed E-state index contributed by atoms with van der Waals surface area (Å²) in [7, 11) is 0. The molecule has 194 valence electrons. The van der Waals surface area contributed by atoms with Crippen LogP contribution in [0.15, 0.2) is 30.3 Å². The molecule has 1 aliphatic carbocycles. The molecule has 2 saturated heterocycles. The van der Waals surface area contributed by atoms with Crippen LogP contribution in [0.3, 0.4) is 0 Å². The van der Waals surface area contributed by atoms with Gasteiger partial charge in [-0.25, -0.2) is 9.59 Å². The average molecular weight is 489 g/mol. The number of likely N-dealkylation sites (tertiary alicyclic amines) is 2. The molecular weight excluding hydrogens is 448 g/mol. The number of amides is 2. The zero-order chi connectivity index (χ0) is 24.8. The lowest BCUT2D eigenvalue weighted by Crippen LogP contribution is -2.47. The lowest BCUT2D eigenvalue weighted by molar-refractivity contribution is -0.156. The van der Waals surface area contributed by atoms with Crippen molar-refractivity contribution in [3.63, 3.8) is 0 Å². The molecule has 0 atom stereocenters. The van der Waals surface area contributed by atoms with Crippen molar-refractivity contribution in [2.75, 3.05) is 26.2 Å². The third kappa shape index (κ3) is 7.84. The molecule has 0 spiro atoms.